The van der Waals surface area contributed by atoms with Crippen LogP contribution in [0.25, 0.3) is 0 Å². The monoisotopic (exact) mass is 364 g/mol. The van der Waals surface area contributed by atoms with Gasteiger partial charge in [0.05, 0.1) is 0 Å². The predicted octanol–water partition coefficient (Wildman–Crippen LogP) is 5.25. The van der Waals surface area contributed by atoms with Crippen LogP contribution in [0.15, 0.2) is 41.3 Å². The van der Waals surface area contributed by atoms with Gasteiger partial charge in [0.2, 0.25) is 0 Å². The molecule has 0 aromatic heterocycles. The van der Waals surface area contributed by atoms with Crippen LogP contribution in [0.3, 0.4) is 0 Å². The van der Waals surface area contributed by atoms with Gasteiger partial charge in [-0.1, -0.05) is 0 Å². The molecule has 2 aliphatic rings. The van der Waals surface area contributed by atoms with Crippen molar-refractivity contribution in [2.24, 2.45) is 0 Å². The van der Waals surface area contributed by atoms with Gasteiger partial charge >= 0.3 is 133 Å². The predicted molar refractivity (Wildman–Crippen MR) is 88.3 cm³/mol. The molecule has 0 radical (unpaired) electrons. The summed E-state index contributed by atoms with van der Waals surface area (Å²) in [5, 5.41) is 3.57. The van der Waals surface area contributed by atoms with Gasteiger partial charge in [0.1, 0.15) is 0 Å². The fourth-order valence-corrected chi connectivity index (χ4v) is 15.4. The fourth-order valence-electron chi connectivity index (χ4n) is 2.83. The van der Waals surface area contributed by atoms with Gasteiger partial charge in [0, 0.05) is 0 Å². The van der Waals surface area contributed by atoms with Crippen molar-refractivity contribution in [3.63, 3.8) is 0 Å². The first-order chi connectivity index (χ1) is 8.69. The molecule has 0 atom stereocenters. The van der Waals surface area contributed by atoms with Crippen LogP contribution in [0.4, 0.5) is 0 Å². The molecule has 0 aromatic rings. The molecule has 0 spiro atoms. The van der Waals surface area contributed by atoms with Gasteiger partial charge < -0.3 is 0 Å². The average molecular weight is 366 g/mol. The molecule has 0 unspecified atom stereocenters. The van der Waals surface area contributed by atoms with E-state index in [2.05, 4.69) is 63.6 Å². The third-order valence-corrected chi connectivity index (χ3v) is 13.0. The molecule has 0 N–H and O–H groups in total. The van der Waals surface area contributed by atoms with Gasteiger partial charge in [-0.25, -0.2) is 0 Å². The maximum absolute atomic E-state index is 2.50. The first-order valence-corrected chi connectivity index (χ1v) is 16.7. The summed E-state index contributed by atoms with van der Waals surface area (Å²) in [5.41, 5.74) is 0. The van der Waals surface area contributed by atoms with E-state index in [-0.39, 0.29) is 0 Å². The first-order valence-electron chi connectivity index (χ1n) is 7.27. The molecule has 102 valence electrons. The van der Waals surface area contributed by atoms with Crippen LogP contribution in [0.1, 0.15) is 12.8 Å². The Morgan fingerprint density at radius 3 is 1.42 bits per heavy atom. The third-order valence-electron chi connectivity index (χ3n) is 3.78. The summed E-state index contributed by atoms with van der Waals surface area (Å²) in [4.78, 5) is 0. The molecule has 2 aliphatic carbocycles. The van der Waals surface area contributed by atoms with Gasteiger partial charge in [-0.2, -0.15) is 0 Å². The van der Waals surface area contributed by atoms with Crippen molar-refractivity contribution in [3.05, 3.63) is 41.3 Å². The van der Waals surface area contributed by atoms with Crippen molar-refractivity contribution in [3.8, 4) is 0 Å². The van der Waals surface area contributed by atoms with Crippen molar-refractivity contribution in [2.75, 3.05) is 0 Å². The zero-order valence-corrected chi connectivity index (χ0v) is 17.7. The maximum atomic E-state index is 2.50. The van der Waals surface area contributed by atoms with E-state index in [0.29, 0.717) is 0 Å². The Morgan fingerprint density at radius 1 is 0.737 bits per heavy atom. The van der Waals surface area contributed by atoms with Crippen LogP contribution in [-0.4, -0.2) is 16.1 Å². The summed E-state index contributed by atoms with van der Waals surface area (Å²) in [6, 6.07) is 0. The van der Waals surface area contributed by atoms with Crippen LogP contribution < -0.4 is 0 Å². The minimum absolute atomic E-state index is 0.505. The molecule has 0 aliphatic heterocycles. The van der Waals surface area contributed by atoms with E-state index in [1.54, 1.807) is 10.4 Å². The number of hydrogen-bond acceptors (Lipinski definition) is 0. The van der Waals surface area contributed by atoms with Crippen LogP contribution in [0, 0.1) is 0 Å². The number of allylic oxidation sites excluding steroid dienone is 8. The summed E-state index contributed by atoms with van der Waals surface area (Å²) < 4.78 is 3.77. The Bertz CT molecular complexity index is 448. The van der Waals surface area contributed by atoms with E-state index in [1.165, 1.54) is 12.8 Å². The normalized spacial score (nSPS) is 19.9. The molecule has 0 saturated carbocycles. The summed E-state index contributed by atoms with van der Waals surface area (Å²) in [6.07, 6.45) is 12.3. The third kappa shape index (κ3) is 3.68. The average Bonchev–Trinajstić information content (AvgIpc) is 2.83. The minimum atomic E-state index is -1.12. The van der Waals surface area contributed by atoms with Crippen molar-refractivity contribution in [1.29, 1.82) is 0 Å². The molecule has 3 heteroatoms. The molecule has 0 heterocycles. The van der Waals surface area contributed by atoms with Gasteiger partial charge in [0.25, 0.3) is 0 Å². The van der Waals surface area contributed by atoms with Crippen LogP contribution in [0.2, 0.25) is 39.3 Å². The van der Waals surface area contributed by atoms with E-state index >= 15 is 0 Å². The number of rotatable bonds is 4. The molecular formula is C16H26Si2Zr. The van der Waals surface area contributed by atoms with Gasteiger partial charge in [-0.15, -0.1) is 0 Å². The van der Waals surface area contributed by atoms with Gasteiger partial charge in [-0.3, -0.25) is 0 Å². The quantitative estimate of drug-likeness (QED) is 0.597. The summed E-state index contributed by atoms with van der Waals surface area (Å²) >= 11 is -0.505. The summed E-state index contributed by atoms with van der Waals surface area (Å²) in [7, 11) is -2.25. The Labute approximate surface area is 132 Å². The van der Waals surface area contributed by atoms with Gasteiger partial charge in [-0.05, 0) is 0 Å². The second kappa shape index (κ2) is 5.58. The Morgan fingerprint density at radius 2 is 1.11 bits per heavy atom. The molecular weight excluding hydrogens is 340 g/mol. The molecule has 0 fully saturated rings. The molecule has 0 nitrogen and oxygen atoms in total. The van der Waals surface area contributed by atoms with E-state index < -0.39 is 39.4 Å². The molecule has 0 saturated heterocycles. The van der Waals surface area contributed by atoms with E-state index in [0.717, 1.165) is 0 Å². The van der Waals surface area contributed by atoms with Crippen molar-refractivity contribution < 1.29 is 23.2 Å². The van der Waals surface area contributed by atoms with Crippen molar-refractivity contribution in [2.45, 2.75) is 52.1 Å². The molecule has 0 aromatic carbocycles. The van der Waals surface area contributed by atoms with E-state index in [4.69, 9.17) is 0 Å². The Balaban J connectivity index is 2.28. The first kappa shape index (κ1) is 15.7. The second-order valence-electron chi connectivity index (χ2n) is 7.62. The topological polar surface area (TPSA) is 0 Å². The molecule has 0 amide bonds. The van der Waals surface area contributed by atoms with Gasteiger partial charge in [0.15, 0.2) is 0 Å². The van der Waals surface area contributed by atoms with Crippen LogP contribution >= 0.6 is 0 Å². The van der Waals surface area contributed by atoms with Crippen LogP contribution in [0.5, 0.6) is 0 Å². The van der Waals surface area contributed by atoms with Crippen LogP contribution in [-0.2, 0) is 23.2 Å². The van der Waals surface area contributed by atoms with Crippen molar-refractivity contribution >= 4 is 16.1 Å². The van der Waals surface area contributed by atoms with Crippen molar-refractivity contribution in [1.82, 2.24) is 0 Å². The standard InChI is InChI=1S/2C8H13Si.Zr/c2*1-9(2,3)8-6-4-5-7-8;/h2*4,6H,5H2,1-3H3;. The zero-order valence-electron chi connectivity index (χ0n) is 13.2. The SMILES string of the molecule is C[Si](C)(C)C1=[C]([Zr][C]2=C([Si](C)(C)C)C=CC2)CC=C1. The fraction of sp³-hybridized carbons (Fsp3) is 0.500. The molecule has 2 rings (SSSR count). The molecule has 0 bridgehead atoms. The summed E-state index contributed by atoms with van der Waals surface area (Å²) in [5.74, 6) is 0. The Kier molecular flexibility index (Phi) is 4.60. The number of hydrogen-bond donors (Lipinski definition) is 0. The second-order valence-corrected chi connectivity index (χ2v) is 21.3. The van der Waals surface area contributed by atoms with E-state index in [9.17, 15) is 0 Å². The Hall–Kier alpha value is 0.277. The van der Waals surface area contributed by atoms with E-state index in [1.807, 2.05) is 6.56 Å². The molecule has 19 heavy (non-hydrogen) atoms. The zero-order chi connectivity index (χ0) is 14.3. The summed E-state index contributed by atoms with van der Waals surface area (Å²) in [6.45, 7) is 15.0.